The Kier molecular flexibility index (Phi) is 4.14. The van der Waals surface area contributed by atoms with Crippen molar-refractivity contribution in [1.29, 1.82) is 0 Å². The topological polar surface area (TPSA) is 15.3 Å². The van der Waals surface area contributed by atoms with Crippen LogP contribution in [0, 0.1) is 5.92 Å². The average Bonchev–Trinajstić information content (AvgIpc) is 3.14. The van der Waals surface area contributed by atoms with E-state index in [1.54, 1.807) is 0 Å². The van der Waals surface area contributed by atoms with Crippen molar-refractivity contribution in [3.8, 4) is 0 Å². The van der Waals surface area contributed by atoms with Gasteiger partial charge in [-0.1, -0.05) is 20.3 Å². The lowest BCUT2D eigenvalue weighted by atomic mass is 9.88. The zero-order chi connectivity index (χ0) is 12.5. The Morgan fingerprint density at radius 1 is 1.35 bits per heavy atom. The van der Waals surface area contributed by atoms with E-state index in [1.165, 1.54) is 45.2 Å². The first-order valence-corrected chi connectivity index (χ1v) is 7.61. The minimum absolute atomic E-state index is 0.375. The lowest BCUT2D eigenvalue weighted by molar-refractivity contribution is 0.00919. The number of hydrogen-bond acceptors (Lipinski definition) is 2. The fourth-order valence-corrected chi connectivity index (χ4v) is 3.38. The highest BCUT2D eigenvalue weighted by Crippen LogP contribution is 2.37. The maximum Gasteiger partial charge on any atom is 0.0306 e. The van der Waals surface area contributed by atoms with Gasteiger partial charge >= 0.3 is 0 Å². The molecule has 1 aliphatic heterocycles. The van der Waals surface area contributed by atoms with E-state index in [2.05, 4.69) is 37.9 Å². The predicted octanol–water partition coefficient (Wildman–Crippen LogP) is 3.03. The van der Waals surface area contributed by atoms with Gasteiger partial charge in [0.2, 0.25) is 0 Å². The Bertz CT molecular complexity index is 249. The molecule has 0 aromatic heterocycles. The van der Waals surface area contributed by atoms with E-state index < -0.39 is 0 Å². The maximum absolute atomic E-state index is 3.81. The second-order valence-corrected chi connectivity index (χ2v) is 6.47. The van der Waals surface area contributed by atoms with E-state index in [1.807, 2.05) is 0 Å². The summed E-state index contributed by atoms with van der Waals surface area (Å²) >= 11 is 0. The third-order valence-corrected chi connectivity index (χ3v) is 5.02. The summed E-state index contributed by atoms with van der Waals surface area (Å²) in [5, 5.41) is 3.81. The molecular formula is C15H30N2. The van der Waals surface area contributed by atoms with E-state index in [9.17, 15) is 0 Å². The first-order valence-electron chi connectivity index (χ1n) is 7.61. The van der Waals surface area contributed by atoms with Crippen LogP contribution in [0.1, 0.15) is 59.8 Å². The second-order valence-electron chi connectivity index (χ2n) is 6.47. The zero-order valence-corrected chi connectivity index (χ0v) is 12.1. The molecule has 0 radical (unpaired) electrons. The van der Waals surface area contributed by atoms with Crippen molar-refractivity contribution < 1.29 is 0 Å². The summed E-state index contributed by atoms with van der Waals surface area (Å²) in [6.07, 6.45) is 6.81. The van der Waals surface area contributed by atoms with Crippen molar-refractivity contribution >= 4 is 0 Å². The summed E-state index contributed by atoms with van der Waals surface area (Å²) < 4.78 is 0. The van der Waals surface area contributed by atoms with Gasteiger partial charge in [0.1, 0.15) is 0 Å². The van der Waals surface area contributed by atoms with Crippen LogP contribution in [0.15, 0.2) is 0 Å². The SMILES string of the molecule is CCCC(C)N1CC(C2CC2)NCC1(C)CC. The van der Waals surface area contributed by atoms with Crippen LogP contribution >= 0.6 is 0 Å². The molecule has 0 spiro atoms. The summed E-state index contributed by atoms with van der Waals surface area (Å²) in [4.78, 5) is 2.80. The number of rotatable bonds is 5. The molecule has 1 aliphatic carbocycles. The van der Waals surface area contributed by atoms with E-state index in [0.717, 1.165) is 18.0 Å². The van der Waals surface area contributed by atoms with Gasteiger partial charge in [-0.3, -0.25) is 4.90 Å². The Morgan fingerprint density at radius 2 is 2.06 bits per heavy atom. The molecule has 17 heavy (non-hydrogen) atoms. The minimum Gasteiger partial charge on any atom is -0.311 e. The van der Waals surface area contributed by atoms with E-state index in [-0.39, 0.29) is 0 Å². The molecule has 2 aliphatic rings. The van der Waals surface area contributed by atoms with Gasteiger partial charge < -0.3 is 5.32 Å². The lowest BCUT2D eigenvalue weighted by Gasteiger charge is -2.51. The molecule has 1 saturated heterocycles. The number of nitrogens with one attached hydrogen (secondary N) is 1. The van der Waals surface area contributed by atoms with Crippen LogP contribution in [0.5, 0.6) is 0 Å². The molecular weight excluding hydrogens is 208 g/mol. The standard InChI is InChI=1S/C15H30N2/c1-5-7-12(3)17-10-14(13-8-9-13)16-11-15(17,4)6-2/h12-14,16H,5-11H2,1-4H3. The second kappa shape index (κ2) is 5.27. The number of nitrogens with zero attached hydrogens (tertiary/aromatic N) is 1. The highest BCUT2D eigenvalue weighted by molar-refractivity contribution is 5.01. The Morgan fingerprint density at radius 3 is 2.59 bits per heavy atom. The highest BCUT2D eigenvalue weighted by Gasteiger charge is 2.42. The summed E-state index contributed by atoms with van der Waals surface area (Å²) in [5.41, 5.74) is 0.375. The van der Waals surface area contributed by atoms with E-state index >= 15 is 0 Å². The molecule has 100 valence electrons. The number of hydrogen-bond donors (Lipinski definition) is 1. The molecule has 0 amide bonds. The normalized spacial score (nSPS) is 37.1. The molecule has 2 nitrogen and oxygen atoms in total. The minimum atomic E-state index is 0.375. The van der Waals surface area contributed by atoms with Crippen molar-refractivity contribution in [2.45, 2.75) is 77.4 Å². The Hall–Kier alpha value is -0.0800. The smallest absolute Gasteiger partial charge is 0.0306 e. The first-order chi connectivity index (χ1) is 8.10. The molecule has 1 saturated carbocycles. The Balaban J connectivity index is 2.03. The van der Waals surface area contributed by atoms with Crippen LogP contribution in [0.3, 0.4) is 0 Å². The summed E-state index contributed by atoms with van der Waals surface area (Å²) in [7, 11) is 0. The maximum atomic E-state index is 3.81. The zero-order valence-electron chi connectivity index (χ0n) is 12.1. The lowest BCUT2D eigenvalue weighted by Crippen LogP contribution is -2.65. The van der Waals surface area contributed by atoms with Crippen LogP contribution in [0.4, 0.5) is 0 Å². The van der Waals surface area contributed by atoms with Crippen LogP contribution in [-0.2, 0) is 0 Å². The van der Waals surface area contributed by atoms with Gasteiger partial charge in [-0.25, -0.2) is 0 Å². The molecule has 0 aromatic rings. The average molecular weight is 238 g/mol. The number of piperazine rings is 1. The fraction of sp³-hybridized carbons (Fsp3) is 1.00. The first kappa shape index (κ1) is 13.4. The van der Waals surface area contributed by atoms with Gasteiger partial charge in [0, 0.05) is 30.7 Å². The van der Waals surface area contributed by atoms with Crippen molar-refractivity contribution in [2.75, 3.05) is 13.1 Å². The van der Waals surface area contributed by atoms with E-state index in [4.69, 9.17) is 0 Å². The van der Waals surface area contributed by atoms with Gasteiger partial charge in [0.15, 0.2) is 0 Å². The predicted molar refractivity (Wildman–Crippen MR) is 74.3 cm³/mol. The third kappa shape index (κ3) is 2.85. The highest BCUT2D eigenvalue weighted by atomic mass is 15.3. The molecule has 3 unspecified atom stereocenters. The summed E-state index contributed by atoms with van der Waals surface area (Å²) in [5.74, 6) is 0.979. The third-order valence-electron chi connectivity index (χ3n) is 5.02. The van der Waals surface area contributed by atoms with Gasteiger partial charge in [0.05, 0.1) is 0 Å². The monoisotopic (exact) mass is 238 g/mol. The fourth-order valence-electron chi connectivity index (χ4n) is 3.38. The van der Waals surface area contributed by atoms with Crippen LogP contribution < -0.4 is 5.32 Å². The van der Waals surface area contributed by atoms with Crippen LogP contribution in [-0.4, -0.2) is 35.6 Å². The Labute approximate surface area is 107 Å². The van der Waals surface area contributed by atoms with Crippen LogP contribution in [0.25, 0.3) is 0 Å². The molecule has 2 heteroatoms. The molecule has 1 N–H and O–H groups in total. The quantitative estimate of drug-likeness (QED) is 0.792. The van der Waals surface area contributed by atoms with Gasteiger partial charge in [-0.15, -0.1) is 0 Å². The van der Waals surface area contributed by atoms with Crippen molar-refractivity contribution in [1.82, 2.24) is 10.2 Å². The van der Waals surface area contributed by atoms with E-state index in [0.29, 0.717) is 5.54 Å². The summed E-state index contributed by atoms with van der Waals surface area (Å²) in [6, 6.07) is 1.52. The summed E-state index contributed by atoms with van der Waals surface area (Å²) in [6.45, 7) is 12.0. The molecule has 2 rings (SSSR count). The molecule has 0 aromatic carbocycles. The largest absolute Gasteiger partial charge is 0.311 e. The molecule has 2 fully saturated rings. The molecule has 0 bridgehead atoms. The van der Waals surface area contributed by atoms with Gasteiger partial charge in [-0.05, 0) is 45.4 Å². The molecule has 3 atom stereocenters. The van der Waals surface area contributed by atoms with Crippen molar-refractivity contribution in [3.63, 3.8) is 0 Å². The van der Waals surface area contributed by atoms with Gasteiger partial charge in [-0.2, -0.15) is 0 Å². The molecule has 1 heterocycles. The van der Waals surface area contributed by atoms with Crippen LogP contribution in [0.2, 0.25) is 0 Å². The van der Waals surface area contributed by atoms with Gasteiger partial charge in [0.25, 0.3) is 0 Å². The van der Waals surface area contributed by atoms with Crippen molar-refractivity contribution in [3.05, 3.63) is 0 Å². The van der Waals surface area contributed by atoms with Crippen molar-refractivity contribution in [2.24, 2.45) is 5.92 Å².